The SMILES string of the molecule is COc1cccn2c(C=O)nnc12. The van der Waals surface area contributed by atoms with E-state index in [1.165, 1.54) is 0 Å². The van der Waals surface area contributed by atoms with Gasteiger partial charge < -0.3 is 4.74 Å². The van der Waals surface area contributed by atoms with Gasteiger partial charge in [0.05, 0.1) is 7.11 Å². The zero-order valence-electron chi connectivity index (χ0n) is 6.97. The second-order valence-electron chi connectivity index (χ2n) is 2.45. The largest absolute Gasteiger partial charge is 0.493 e. The molecule has 2 heterocycles. The number of aldehydes is 1. The summed E-state index contributed by atoms with van der Waals surface area (Å²) in [6.07, 6.45) is 2.36. The van der Waals surface area contributed by atoms with E-state index in [1.807, 2.05) is 0 Å². The quantitative estimate of drug-likeness (QED) is 0.628. The normalized spacial score (nSPS) is 10.2. The minimum atomic E-state index is 0.272. The number of fused-ring (bicyclic) bond motifs is 1. The Labute approximate surface area is 74.0 Å². The lowest BCUT2D eigenvalue weighted by atomic mass is 10.4. The fraction of sp³-hybridized carbons (Fsp3) is 0.125. The van der Waals surface area contributed by atoms with Crippen LogP contribution in [0.25, 0.3) is 5.65 Å². The lowest BCUT2D eigenvalue weighted by Crippen LogP contribution is -1.93. The number of aromatic nitrogens is 3. The van der Waals surface area contributed by atoms with E-state index in [9.17, 15) is 4.79 Å². The van der Waals surface area contributed by atoms with E-state index in [-0.39, 0.29) is 5.82 Å². The molecule has 0 atom stereocenters. The Kier molecular flexibility index (Phi) is 1.70. The number of nitrogens with zero attached hydrogens (tertiary/aromatic N) is 3. The van der Waals surface area contributed by atoms with Gasteiger partial charge in [0.1, 0.15) is 0 Å². The van der Waals surface area contributed by atoms with Gasteiger partial charge in [-0.05, 0) is 12.1 Å². The molecule has 0 radical (unpaired) electrons. The van der Waals surface area contributed by atoms with Crippen LogP contribution in [0, 0.1) is 0 Å². The number of hydrogen-bond acceptors (Lipinski definition) is 4. The number of rotatable bonds is 2. The number of ether oxygens (including phenoxy) is 1. The van der Waals surface area contributed by atoms with Crippen molar-refractivity contribution >= 4 is 11.9 Å². The summed E-state index contributed by atoms with van der Waals surface area (Å²) in [5.74, 6) is 0.872. The third-order valence-electron chi connectivity index (χ3n) is 1.75. The average molecular weight is 177 g/mol. The van der Waals surface area contributed by atoms with Crippen LogP contribution in [-0.2, 0) is 0 Å². The molecule has 2 aromatic rings. The van der Waals surface area contributed by atoms with E-state index in [4.69, 9.17) is 4.74 Å². The van der Waals surface area contributed by atoms with Gasteiger partial charge in [0.2, 0.25) is 11.5 Å². The molecule has 13 heavy (non-hydrogen) atoms. The molecule has 5 heteroatoms. The van der Waals surface area contributed by atoms with Crippen molar-refractivity contribution in [2.75, 3.05) is 7.11 Å². The van der Waals surface area contributed by atoms with Crippen LogP contribution in [0.4, 0.5) is 0 Å². The summed E-state index contributed by atoms with van der Waals surface area (Å²) in [7, 11) is 1.55. The van der Waals surface area contributed by atoms with Crippen LogP contribution in [0.3, 0.4) is 0 Å². The van der Waals surface area contributed by atoms with Gasteiger partial charge in [-0.3, -0.25) is 9.20 Å². The molecule has 2 aromatic heterocycles. The van der Waals surface area contributed by atoms with Gasteiger partial charge in [-0.1, -0.05) is 0 Å². The second-order valence-corrected chi connectivity index (χ2v) is 2.45. The van der Waals surface area contributed by atoms with Gasteiger partial charge in [0, 0.05) is 6.20 Å². The van der Waals surface area contributed by atoms with Crippen LogP contribution in [0.15, 0.2) is 18.3 Å². The molecule has 66 valence electrons. The van der Waals surface area contributed by atoms with E-state index in [1.54, 1.807) is 29.8 Å². The molecular formula is C8H7N3O2. The van der Waals surface area contributed by atoms with Crippen molar-refractivity contribution in [3.05, 3.63) is 24.2 Å². The van der Waals surface area contributed by atoms with Crippen LogP contribution in [0.1, 0.15) is 10.6 Å². The fourth-order valence-electron chi connectivity index (χ4n) is 1.15. The molecule has 0 spiro atoms. The van der Waals surface area contributed by atoms with E-state index >= 15 is 0 Å². The molecule has 5 nitrogen and oxygen atoms in total. The predicted molar refractivity (Wildman–Crippen MR) is 44.9 cm³/mol. The molecule has 0 saturated heterocycles. The lowest BCUT2D eigenvalue weighted by molar-refractivity contribution is 0.111. The first-order valence-corrected chi connectivity index (χ1v) is 3.69. The molecule has 0 aliphatic rings. The topological polar surface area (TPSA) is 56.5 Å². The van der Waals surface area contributed by atoms with Crippen molar-refractivity contribution in [3.8, 4) is 5.75 Å². The third kappa shape index (κ3) is 1.05. The summed E-state index contributed by atoms with van der Waals surface area (Å²) in [4.78, 5) is 10.5. The number of carbonyl (C=O) groups excluding carboxylic acids is 1. The average Bonchev–Trinajstić information content (AvgIpc) is 2.60. The minimum Gasteiger partial charge on any atom is -0.493 e. The van der Waals surface area contributed by atoms with Crippen molar-refractivity contribution in [1.82, 2.24) is 14.6 Å². The molecule has 0 amide bonds. The standard InChI is InChI=1S/C8H7N3O2/c1-13-6-3-2-4-11-7(5-12)9-10-8(6)11/h2-5H,1H3. The molecule has 0 aliphatic carbocycles. The zero-order valence-corrected chi connectivity index (χ0v) is 6.97. The van der Waals surface area contributed by atoms with Crippen LogP contribution >= 0.6 is 0 Å². The van der Waals surface area contributed by atoms with Gasteiger partial charge >= 0.3 is 0 Å². The number of pyridine rings is 1. The monoisotopic (exact) mass is 177 g/mol. The van der Waals surface area contributed by atoms with E-state index in [0.717, 1.165) is 0 Å². The Hall–Kier alpha value is -1.91. The summed E-state index contributed by atoms with van der Waals surface area (Å²) in [6, 6.07) is 3.53. The molecule has 0 unspecified atom stereocenters. The molecular weight excluding hydrogens is 170 g/mol. The van der Waals surface area contributed by atoms with Crippen molar-refractivity contribution in [2.45, 2.75) is 0 Å². The summed E-state index contributed by atoms with van der Waals surface area (Å²) in [5, 5.41) is 7.50. The Bertz CT molecular complexity index is 450. The smallest absolute Gasteiger partial charge is 0.203 e. The highest BCUT2D eigenvalue weighted by Crippen LogP contribution is 2.16. The molecule has 0 fully saturated rings. The fourth-order valence-corrected chi connectivity index (χ4v) is 1.15. The summed E-state index contributed by atoms with van der Waals surface area (Å²) < 4.78 is 6.62. The van der Waals surface area contributed by atoms with Crippen LogP contribution in [0.2, 0.25) is 0 Å². The number of hydrogen-bond donors (Lipinski definition) is 0. The summed E-state index contributed by atoms with van der Waals surface area (Å²) >= 11 is 0. The van der Waals surface area contributed by atoms with Crippen LogP contribution in [0.5, 0.6) is 5.75 Å². The second kappa shape index (κ2) is 2.85. The number of carbonyl (C=O) groups is 1. The first-order valence-electron chi connectivity index (χ1n) is 3.69. The molecule has 0 aliphatic heterocycles. The van der Waals surface area contributed by atoms with Crippen LogP contribution < -0.4 is 4.74 Å². The minimum absolute atomic E-state index is 0.272. The molecule has 0 bridgehead atoms. The van der Waals surface area contributed by atoms with Gasteiger partial charge in [-0.2, -0.15) is 0 Å². The third-order valence-corrected chi connectivity index (χ3v) is 1.75. The summed E-state index contributed by atoms with van der Waals surface area (Å²) in [5.41, 5.74) is 0.548. The van der Waals surface area contributed by atoms with Gasteiger partial charge in [-0.25, -0.2) is 0 Å². The molecule has 2 rings (SSSR count). The van der Waals surface area contributed by atoms with Gasteiger partial charge in [-0.15, -0.1) is 10.2 Å². The summed E-state index contributed by atoms with van der Waals surface area (Å²) in [6.45, 7) is 0. The van der Waals surface area contributed by atoms with Crippen molar-refractivity contribution in [1.29, 1.82) is 0 Å². The predicted octanol–water partition coefficient (Wildman–Crippen LogP) is 0.550. The van der Waals surface area contributed by atoms with Gasteiger partial charge in [0.15, 0.2) is 12.0 Å². The highest BCUT2D eigenvalue weighted by Gasteiger charge is 2.07. The first kappa shape index (κ1) is 7.72. The Balaban J connectivity index is 2.79. The lowest BCUT2D eigenvalue weighted by Gasteiger charge is -1.99. The number of methoxy groups -OCH3 is 1. The van der Waals surface area contributed by atoms with E-state index in [0.29, 0.717) is 17.7 Å². The van der Waals surface area contributed by atoms with Gasteiger partial charge in [0.25, 0.3) is 0 Å². The highest BCUT2D eigenvalue weighted by atomic mass is 16.5. The first-order chi connectivity index (χ1) is 6.36. The Morgan fingerprint density at radius 3 is 3.08 bits per heavy atom. The molecule has 0 N–H and O–H groups in total. The van der Waals surface area contributed by atoms with E-state index in [2.05, 4.69) is 10.2 Å². The van der Waals surface area contributed by atoms with Crippen molar-refractivity contribution < 1.29 is 9.53 Å². The maximum Gasteiger partial charge on any atom is 0.203 e. The van der Waals surface area contributed by atoms with Crippen molar-refractivity contribution in [2.24, 2.45) is 0 Å². The Morgan fingerprint density at radius 1 is 1.54 bits per heavy atom. The molecule has 0 aromatic carbocycles. The highest BCUT2D eigenvalue weighted by molar-refractivity contribution is 5.72. The van der Waals surface area contributed by atoms with Crippen LogP contribution in [-0.4, -0.2) is 28.0 Å². The maximum atomic E-state index is 10.5. The van der Waals surface area contributed by atoms with E-state index < -0.39 is 0 Å². The zero-order chi connectivity index (χ0) is 9.26. The Morgan fingerprint density at radius 2 is 2.38 bits per heavy atom. The molecule has 0 saturated carbocycles. The van der Waals surface area contributed by atoms with Crippen molar-refractivity contribution in [3.63, 3.8) is 0 Å². The maximum absolute atomic E-state index is 10.5.